The zero-order valence-electron chi connectivity index (χ0n) is 7.88. The summed E-state index contributed by atoms with van der Waals surface area (Å²) in [5, 5.41) is 2.72. The van der Waals surface area contributed by atoms with E-state index in [1.807, 2.05) is 19.9 Å². The van der Waals surface area contributed by atoms with Crippen LogP contribution in [0.15, 0.2) is 10.9 Å². The van der Waals surface area contributed by atoms with Gasteiger partial charge < -0.3 is 0 Å². The average Bonchev–Trinajstić information content (AvgIpc) is 2.32. The van der Waals surface area contributed by atoms with E-state index >= 15 is 0 Å². The number of nitrogens with zero attached hydrogens (tertiary/aromatic N) is 2. The molecule has 0 amide bonds. The Balaban J connectivity index is 3.03. The van der Waals surface area contributed by atoms with Gasteiger partial charge in [-0.3, -0.25) is 9.89 Å². The van der Waals surface area contributed by atoms with Crippen molar-refractivity contribution in [3.8, 4) is 0 Å². The zero-order chi connectivity index (χ0) is 9.59. The first-order valence-electron chi connectivity index (χ1n) is 4.15. The molecule has 0 radical (unpaired) electrons. The quantitative estimate of drug-likeness (QED) is 0.651. The second-order valence-electron chi connectivity index (χ2n) is 3.26. The van der Waals surface area contributed by atoms with Crippen molar-refractivity contribution in [1.29, 1.82) is 0 Å². The summed E-state index contributed by atoms with van der Waals surface area (Å²) in [5.41, 5.74) is 3.25. The van der Waals surface area contributed by atoms with E-state index in [1.165, 1.54) is 0 Å². The van der Waals surface area contributed by atoms with Crippen molar-refractivity contribution < 1.29 is 0 Å². The first kappa shape index (κ1) is 8.04. The van der Waals surface area contributed by atoms with E-state index in [4.69, 9.17) is 0 Å². The molecule has 2 heterocycles. The second kappa shape index (κ2) is 2.45. The van der Waals surface area contributed by atoms with E-state index in [-0.39, 0.29) is 5.56 Å². The SMILES string of the molecule is Cc1cc(C)n2[nH]c(=O)c(C)c2n1. The van der Waals surface area contributed by atoms with Crippen LogP contribution in [0.5, 0.6) is 0 Å². The lowest BCUT2D eigenvalue weighted by Crippen LogP contribution is -2.03. The molecule has 4 nitrogen and oxygen atoms in total. The molecule has 2 aromatic heterocycles. The highest BCUT2D eigenvalue weighted by atomic mass is 16.1. The van der Waals surface area contributed by atoms with Crippen molar-refractivity contribution in [2.45, 2.75) is 20.8 Å². The largest absolute Gasteiger partial charge is 0.269 e. The fourth-order valence-corrected chi connectivity index (χ4v) is 1.46. The molecule has 0 aliphatic heterocycles. The summed E-state index contributed by atoms with van der Waals surface area (Å²) < 4.78 is 1.71. The van der Waals surface area contributed by atoms with Gasteiger partial charge >= 0.3 is 0 Å². The van der Waals surface area contributed by atoms with E-state index in [1.54, 1.807) is 11.4 Å². The van der Waals surface area contributed by atoms with Crippen LogP contribution in [0, 0.1) is 20.8 Å². The van der Waals surface area contributed by atoms with Gasteiger partial charge in [-0.1, -0.05) is 0 Å². The highest BCUT2D eigenvalue weighted by molar-refractivity contribution is 5.46. The molecule has 0 atom stereocenters. The molecule has 1 N–H and O–H groups in total. The molecule has 0 saturated heterocycles. The third-order valence-electron chi connectivity index (χ3n) is 2.15. The Morgan fingerprint density at radius 2 is 2.08 bits per heavy atom. The van der Waals surface area contributed by atoms with Gasteiger partial charge in [0.05, 0.1) is 5.56 Å². The number of rotatable bonds is 0. The van der Waals surface area contributed by atoms with Crippen molar-refractivity contribution >= 4 is 5.65 Å². The van der Waals surface area contributed by atoms with Crippen LogP contribution in [0.4, 0.5) is 0 Å². The number of hydrogen-bond donors (Lipinski definition) is 1. The van der Waals surface area contributed by atoms with Crippen LogP contribution in [0.3, 0.4) is 0 Å². The smallest absolute Gasteiger partial charge is 0.268 e. The van der Waals surface area contributed by atoms with Gasteiger partial charge in [-0.25, -0.2) is 9.50 Å². The minimum atomic E-state index is -0.0683. The lowest BCUT2D eigenvalue weighted by Gasteiger charge is -2.00. The van der Waals surface area contributed by atoms with Crippen LogP contribution in [0.25, 0.3) is 5.65 Å². The number of nitrogens with one attached hydrogen (secondary N) is 1. The van der Waals surface area contributed by atoms with Crippen LogP contribution in [0.2, 0.25) is 0 Å². The van der Waals surface area contributed by atoms with E-state index < -0.39 is 0 Å². The summed E-state index contributed by atoms with van der Waals surface area (Å²) in [4.78, 5) is 15.6. The van der Waals surface area contributed by atoms with Gasteiger partial charge in [-0.2, -0.15) is 0 Å². The molecule has 2 rings (SSSR count). The molecular weight excluding hydrogens is 166 g/mol. The average molecular weight is 177 g/mol. The van der Waals surface area contributed by atoms with Crippen molar-refractivity contribution in [1.82, 2.24) is 14.6 Å². The van der Waals surface area contributed by atoms with Crippen LogP contribution in [-0.2, 0) is 0 Å². The summed E-state index contributed by atoms with van der Waals surface area (Å²) in [6, 6.07) is 1.93. The van der Waals surface area contributed by atoms with E-state index in [2.05, 4.69) is 10.1 Å². The third-order valence-corrected chi connectivity index (χ3v) is 2.15. The minimum Gasteiger partial charge on any atom is -0.268 e. The Kier molecular flexibility index (Phi) is 1.52. The van der Waals surface area contributed by atoms with Gasteiger partial charge in [0.15, 0.2) is 5.65 Å². The first-order chi connectivity index (χ1) is 6.09. The Hall–Kier alpha value is -1.58. The maximum absolute atomic E-state index is 11.3. The standard InChI is InChI=1S/C9H11N3O/c1-5-4-6(2)12-8(10-5)7(3)9(13)11-12/h4H,1-3H3,(H,11,13). The fourth-order valence-electron chi connectivity index (χ4n) is 1.46. The predicted octanol–water partition coefficient (Wildman–Crippen LogP) is 0.948. The van der Waals surface area contributed by atoms with Crippen LogP contribution in [-0.4, -0.2) is 14.6 Å². The maximum Gasteiger partial charge on any atom is 0.269 e. The topological polar surface area (TPSA) is 50.2 Å². The first-order valence-corrected chi connectivity index (χ1v) is 4.15. The highest BCUT2D eigenvalue weighted by Gasteiger charge is 2.06. The van der Waals surface area contributed by atoms with Gasteiger partial charge in [0.25, 0.3) is 5.56 Å². The number of fused-ring (bicyclic) bond motifs is 1. The zero-order valence-corrected chi connectivity index (χ0v) is 7.88. The summed E-state index contributed by atoms with van der Waals surface area (Å²) in [7, 11) is 0. The van der Waals surface area contributed by atoms with Crippen LogP contribution >= 0.6 is 0 Å². The summed E-state index contributed by atoms with van der Waals surface area (Å²) >= 11 is 0. The van der Waals surface area contributed by atoms with Crippen molar-refractivity contribution in [2.24, 2.45) is 0 Å². The lowest BCUT2D eigenvalue weighted by atomic mass is 10.3. The van der Waals surface area contributed by atoms with Crippen LogP contribution in [0.1, 0.15) is 17.0 Å². The van der Waals surface area contributed by atoms with Crippen LogP contribution < -0.4 is 5.56 Å². The van der Waals surface area contributed by atoms with Crippen molar-refractivity contribution in [3.05, 3.63) is 33.4 Å². The minimum absolute atomic E-state index is 0.0683. The van der Waals surface area contributed by atoms with Crippen molar-refractivity contribution in [2.75, 3.05) is 0 Å². The molecule has 0 aliphatic carbocycles. The molecule has 4 heteroatoms. The number of hydrogen-bond acceptors (Lipinski definition) is 2. The fraction of sp³-hybridized carbons (Fsp3) is 0.333. The predicted molar refractivity (Wildman–Crippen MR) is 50.0 cm³/mol. The molecule has 0 aromatic carbocycles. The van der Waals surface area contributed by atoms with E-state index in [0.29, 0.717) is 5.56 Å². The van der Waals surface area contributed by atoms with Gasteiger partial charge in [0, 0.05) is 11.4 Å². The molecule has 68 valence electrons. The Bertz CT molecular complexity index is 521. The lowest BCUT2D eigenvalue weighted by molar-refractivity contribution is 0.871. The van der Waals surface area contributed by atoms with Gasteiger partial charge in [-0.05, 0) is 26.8 Å². The number of aryl methyl sites for hydroxylation is 3. The third kappa shape index (κ3) is 1.06. The monoisotopic (exact) mass is 177 g/mol. The Morgan fingerprint density at radius 1 is 1.38 bits per heavy atom. The molecule has 0 unspecified atom stereocenters. The molecule has 0 spiro atoms. The molecule has 2 aromatic rings. The summed E-state index contributed by atoms with van der Waals surface area (Å²) in [6.07, 6.45) is 0. The van der Waals surface area contributed by atoms with Crippen molar-refractivity contribution in [3.63, 3.8) is 0 Å². The molecule has 0 saturated carbocycles. The highest BCUT2D eigenvalue weighted by Crippen LogP contribution is 2.06. The number of aromatic amines is 1. The molecule has 13 heavy (non-hydrogen) atoms. The Morgan fingerprint density at radius 3 is 2.77 bits per heavy atom. The normalized spacial score (nSPS) is 11.0. The molecule has 0 aliphatic rings. The second-order valence-corrected chi connectivity index (χ2v) is 3.26. The van der Waals surface area contributed by atoms with Gasteiger partial charge in [0.2, 0.25) is 0 Å². The number of H-pyrrole nitrogens is 1. The molecule has 0 bridgehead atoms. The molecular formula is C9H11N3O. The summed E-state index contributed by atoms with van der Waals surface area (Å²) in [5.74, 6) is 0. The van der Waals surface area contributed by atoms with E-state index in [9.17, 15) is 4.79 Å². The Labute approximate surface area is 75.2 Å². The molecule has 0 fully saturated rings. The summed E-state index contributed by atoms with van der Waals surface area (Å²) in [6.45, 7) is 5.64. The van der Waals surface area contributed by atoms with Gasteiger partial charge in [0.1, 0.15) is 0 Å². The maximum atomic E-state index is 11.3. The van der Waals surface area contributed by atoms with Gasteiger partial charge in [-0.15, -0.1) is 0 Å². The van der Waals surface area contributed by atoms with E-state index in [0.717, 1.165) is 17.0 Å². The number of aromatic nitrogens is 3.